The van der Waals surface area contributed by atoms with Crippen molar-refractivity contribution in [2.45, 2.75) is 6.42 Å². The van der Waals surface area contributed by atoms with Gasteiger partial charge < -0.3 is 4.74 Å². The number of amides is 1. The molecule has 1 amide bonds. The van der Waals surface area contributed by atoms with Crippen LogP contribution >= 0.6 is 23.2 Å². The lowest BCUT2D eigenvalue weighted by Crippen LogP contribution is -2.31. The van der Waals surface area contributed by atoms with Crippen LogP contribution in [0.5, 0.6) is 5.75 Å². The van der Waals surface area contributed by atoms with Crippen molar-refractivity contribution in [2.24, 2.45) is 5.84 Å². The largest absolute Gasteiger partial charge is 0.493 e. The van der Waals surface area contributed by atoms with Gasteiger partial charge in [-0.05, 0) is 18.2 Å². The number of benzene rings is 1. The Morgan fingerprint density at radius 2 is 1.93 bits per heavy atom. The second-order valence-electron chi connectivity index (χ2n) is 2.77. The summed E-state index contributed by atoms with van der Waals surface area (Å²) in [6.07, 6.45) is 0.181. The predicted octanol–water partition coefficient (Wildman–Crippen LogP) is 1.75. The smallest absolute Gasteiger partial charge is 0.237 e. The molecule has 4 nitrogen and oxygen atoms in total. The number of nitrogens with two attached hydrogens (primary N) is 1. The van der Waals surface area contributed by atoms with Crippen LogP contribution in [-0.4, -0.2) is 12.5 Å². The summed E-state index contributed by atoms with van der Waals surface area (Å²) in [6, 6.07) is 4.84. The van der Waals surface area contributed by atoms with Gasteiger partial charge in [0.15, 0.2) is 0 Å². The summed E-state index contributed by atoms with van der Waals surface area (Å²) in [5, 5.41) is 0.974. The lowest BCUT2D eigenvalue weighted by molar-refractivity contribution is -0.121. The fourth-order valence-corrected chi connectivity index (χ4v) is 1.45. The zero-order valence-corrected chi connectivity index (χ0v) is 9.31. The second kappa shape index (κ2) is 5.80. The van der Waals surface area contributed by atoms with Gasteiger partial charge in [0.05, 0.1) is 13.0 Å². The topological polar surface area (TPSA) is 64.3 Å². The van der Waals surface area contributed by atoms with Crippen LogP contribution in [0.3, 0.4) is 0 Å². The van der Waals surface area contributed by atoms with Crippen molar-refractivity contribution >= 4 is 29.1 Å². The number of nitrogens with one attached hydrogen (secondary N) is 1. The highest BCUT2D eigenvalue weighted by Crippen LogP contribution is 2.24. The van der Waals surface area contributed by atoms with Gasteiger partial charge in [0.25, 0.3) is 0 Å². The van der Waals surface area contributed by atoms with Crippen molar-refractivity contribution < 1.29 is 9.53 Å². The third-order valence-electron chi connectivity index (χ3n) is 1.59. The molecule has 0 aliphatic rings. The Bertz CT molecular complexity index is 338. The molecular formula is C9H10Cl2N2O2. The van der Waals surface area contributed by atoms with E-state index in [2.05, 4.69) is 0 Å². The van der Waals surface area contributed by atoms with Gasteiger partial charge in [-0.2, -0.15) is 0 Å². The lowest BCUT2D eigenvalue weighted by atomic mass is 10.3. The maximum Gasteiger partial charge on any atom is 0.237 e. The van der Waals surface area contributed by atoms with Crippen LogP contribution in [0.2, 0.25) is 10.0 Å². The molecule has 0 aromatic heterocycles. The first-order valence-corrected chi connectivity index (χ1v) is 4.96. The van der Waals surface area contributed by atoms with E-state index in [0.29, 0.717) is 15.8 Å². The van der Waals surface area contributed by atoms with Crippen LogP contribution in [0.1, 0.15) is 6.42 Å². The summed E-state index contributed by atoms with van der Waals surface area (Å²) in [5.74, 6) is 5.14. The highest BCUT2D eigenvalue weighted by atomic mass is 35.5. The minimum absolute atomic E-state index is 0.181. The number of ether oxygens (including phenoxy) is 1. The Balaban J connectivity index is 2.47. The van der Waals surface area contributed by atoms with Gasteiger partial charge in [-0.1, -0.05) is 23.2 Å². The van der Waals surface area contributed by atoms with Gasteiger partial charge in [-0.3, -0.25) is 10.2 Å². The minimum Gasteiger partial charge on any atom is -0.493 e. The van der Waals surface area contributed by atoms with E-state index in [1.54, 1.807) is 18.2 Å². The molecule has 3 N–H and O–H groups in total. The van der Waals surface area contributed by atoms with E-state index < -0.39 is 0 Å². The molecule has 15 heavy (non-hydrogen) atoms. The number of rotatable bonds is 4. The van der Waals surface area contributed by atoms with Crippen LogP contribution in [0.25, 0.3) is 0 Å². The summed E-state index contributed by atoms with van der Waals surface area (Å²) in [4.78, 5) is 10.8. The second-order valence-corrected chi connectivity index (χ2v) is 3.64. The third kappa shape index (κ3) is 4.38. The molecule has 0 saturated carbocycles. The molecule has 1 aromatic carbocycles. The fraction of sp³-hybridized carbons (Fsp3) is 0.222. The van der Waals surface area contributed by atoms with Crippen molar-refractivity contribution in [3.8, 4) is 5.75 Å². The van der Waals surface area contributed by atoms with E-state index in [9.17, 15) is 4.79 Å². The number of halogens is 2. The van der Waals surface area contributed by atoms with Crippen molar-refractivity contribution in [3.05, 3.63) is 28.2 Å². The van der Waals surface area contributed by atoms with Crippen molar-refractivity contribution in [3.63, 3.8) is 0 Å². The summed E-state index contributed by atoms with van der Waals surface area (Å²) < 4.78 is 5.25. The summed E-state index contributed by atoms with van der Waals surface area (Å²) >= 11 is 11.5. The van der Waals surface area contributed by atoms with E-state index in [1.807, 2.05) is 5.43 Å². The Morgan fingerprint density at radius 3 is 2.47 bits per heavy atom. The van der Waals surface area contributed by atoms with Gasteiger partial charge >= 0.3 is 0 Å². The van der Waals surface area contributed by atoms with Crippen molar-refractivity contribution in [1.29, 1.82) is 0 Å². The molecule has 1 rings (SSSR count). The molecule has 1 aromatic rings. The van der Waals surface area contributed by atoms with Gasteiger partial charge in [0.2, 0.25) is 5.91 Å². The molecule has 0 fully saturated rings. The molecule has 6 heteroatoms. The number of hydrogen-bond acceptors (Lipinski definition) is 3. The Kier molecular flexibility index (Phi) is 4.68. The quantitative estimate of drug-likeness (QED) is 0.485. The first kappa shape index (κ1) is 12.1. The summed E-state index contributed by atoms with van der Waals surface area (Å²) in [5.41, 5.74) is 2.00. The first-order chi connectivity index (χ1) is 7.11. The average molecular weight is 249 g/mol. The van der Waals surface area contributed by atoms with E-state index >= 15 is 0 Å². The third-order valence-corrected chi connectivity index (χ3v) is 2.03. The van der Waals surface area contributed by atoms with E-state index in [0.717, 1.165) is 0 Å². The number of carbonyl (C=O) groups excluding carboxylic acids is 1. The molecule has 0 heterocycles. The standard InChI is InChI=1S/C9H10Cl2N2O2/c10-6-3-7(11)5-8(4-6)15-2-1-9(14)13-12/h3-5H,1-2,12H2,(H,13,14). The zero-order valence-electron chi connectivity index (χ0n) is 7.80. The molecular weight excluding hydrogens is 239 g/mol. The van der Waals surface area contributed by atoms with Crippen LogP contribution in [0.4, 0.5) is 0 Å². The highest BCUT2D eigenvalue weighted by molar-refractivity contribution is 6.34. The summed E-state index contributed by atoms with van der Waals surface area (Å²) in [6.45, 7) is 0.222. The number of carbonyl (C=O) groups is 1. The van der Waals surface area contributed by atoms with Gasteiger partial charge in [-0.15, -0.1) is 0 Å². The number of hydrogen-bond donors (Lipinski definition) is 2. The van der Waals surface area contributed by atoms with Gasteiger partial charge in [0, 0.05) is 10.0 Å². The monoisotopic (exact) mass is 248 g/mol. The average Bonchev–Trinajstić information content (AvgIpc) is 2.16. The van der Waals surface area contributed by atoms with Crippen LogP contribution in [-0.2, 0) is 4.79 Å². The maximum absolute atomic E-state index is 10.8. The maximum atomic E-state index is 10.8. The Morgan fingerprint density at radius 1 is 1.33 bits per heavy atom. The van der Waals surface area contributed by atoms with Crippen LogP contribution in [0.15, 0.2) is 18.2 Å². The fourth-order valence-electron chi connectivity index (χ4n) is 0.946. The molecule has 0 aliphatic carbocycles. The predicted molar refractivity (Wildman–Crippen MR) is 58.9 cm³/mol. The number of hydrazine groups is 1. The lowest BCUT2D eigenvalue weighted by Gasteiger charge is -2.06. The molecule has 0 bridgehead atoms. The first-order valence-electron chi connectivity index (χ1n) is 4.20. The SMILES string of the molecule is NNC(=O)CCOc1cc(Cl)cc(Cl)c1. The van der Waals surface area contributed by atoms with E-state index in [4.69, 9.17) is 33.8 Å². The van der Waals surface area contributed by atoms with Gasteiger partial charge in [0.1, 0.15) is 5.75 Å². The van der Waals surface area contributed by atoms with Crippen molar-refractivity contribution in [1.82, 2.24) is 5.43 Å². The Hall–Kier alpha value is -0.970. The minimum atomic E-state index is -0.289. The molecule has 0 unspecified atom stereocenters. The zero-order chi connectivity index (χ0) is 11.3. The van der Waals surface area contributed by atoms with Crippen molar-refractivity contribution in [2.75, 3.05) is 6.61 Å². The molecule has 82 valence electrons. The van der Waals surface area contributed by atoms with Gasteiger partial charge in [-0.25, -0.2) is 5.84 Å². The molecule has 0 spiro atoms. The molecule has 0 saturated heterocycles. The van der Waals surface area contributed by atoms with Crippen LogP contribution < -0.4 is 16.0 Å². The Labute approximate surface area is 97.3 Å². The van der Waals surface area contributed by atoms with E-state index in [-0.39, 0.29) is 18.9 Å². The highest BCUT2D eigenvalue weighted by Gasteiger charge is 2.01. The van der Waals surface area contributed by atoms with Crippen LogP contribution in [0, 0.1) is 0 Å². The molecule has 0 atom stereocenters. The summed E-state index contributed by atoms with van der Waals surface area (Å²) in [7, 11) is 0. The molecule has 0 aliphatic heterocycles. The van der Waals surface area contributed by atoms with E-state index in [1.165, 1.54) is 0 Å². The normalized spacial score (nSPS) is 9.80. The molecule has 0 radical (unpaired) electrons.